The van der Waals surface area contributed by atoms with Crippen molar-refractivity contribution in [3.8, 4) is 23.0 Å². The minimum atomic E-state index is -1.18. The Hall–Kier alpha value is -4.61. The lowest BCUT2D eigenvalue weighted by Gasteiger charge is -2.21. The van der Waals surface area contributed by atoms with Crippen LogP contribution < -0.4 is 20.1 Å². The molecule has 2 heterocycles. The maximum absolute atomic E-state index is 13.2. The van der Waals surface area contributed by atoms with Crippen molar-refractivity contribution >= 4 is 18.0 Å². The summed E-state index contributed by atoms with van der Waals surface area (Å²) in [5, 5.41) is 14.5. The van der Waals surface area contributed by atoms with Crippen LogP contribution in [0.15, 0.2) is 40.8 Å². The van der Waals surface area contributed by atoms with Crippen molar-refractivity contribution in [2.24, 2.45) is 0 Å². The fourth-order valence-corrected chi connectivity index (χ4v) is 3.38. The third kappa shape index (κ3) is 6.99. The highest BCUT2D eigenvalue weighted by Crippen LogP contribution is 2.34. The van der Waals surface area contributed by atoms with E-state index in [4.69, 9.17) is 23.7 Å². The molecule has 1 atom stereocenters. The molecule has 3 N–H and O–H groups in total. The number of aromatic nitrogens is 2. The summed E-state index contributed by atoms with van der Waals surface area (Å²) in [6.45, 7) is 6.75. The molecule has 0 saturated heterocycles. The van der Waals surface area contributed by atoms with E-state index in [1.807, 2.05) is 0 Å². The smallest absolute Gasteiger partial charge is 0.408 e. The quantitative estimate of drug-likeness (QED) is 0.372. The Morgan fingerprint density at radius 1 is 1.05 bits per heavy atom. The molecule has 3 rings (SSSR count). The number of nitrogens with one attached hydrogen (secondary N) is 2. The number of alkyl carbamates (subject to hydrolysis) is 1. The number of carboxylic acid groups (broad SMARTS) is 1. The van der Waals surface area contributed by atoms with Gasteiger partial charge in [0.2, 0.25) is 5.89 Å². The molecule has 1 aromatic carbocycles. The molecule has 3 aromatic rings. The van der Waals surface area contributed by atoms with E-state index < -0.39 is 29.6 Å². The molecular formula is C26H30N4O8. The maximum Gasteiger partial charge on any atom is 0.408 e. The number of carbonyl (C=O) groups excluding carboxylic acids is 2. The van der Waals surface area contributed by atoms with Crippen molar-refractivity contribution in [2.45, 2.75) is 45.9 Å². The van der Waals surface area contributed by atoms with Crippen LogP contribution in [0.5, 0.6) is 11.5 Å². The van der Waals surface area contributed by atoms with Gasteiger partial charge in [-0.1, -0.05) is 6.07 Å². The van der Waals surface area contributed by atoms with Gasteiger partial charge in [0.15, 0.2) is 23.0 Å². The number of benzene rings is 1. The van der Waals surface area contributed by atoms with Gasteiger partial charge in [-0.25, -0.2) is 19.6 Å². The highest BCUT2D eigenvalue weighted by Gasteiger charge is 2.28. The van der Waals surface area contributed by atoms with Gasteiger partial charge >= 0.3 is 12.1 Å². The van der Waals surface area contributed by atoms with E-state index in [2.05, 4.69) is 20.6 Å². The van der Waals surface area contributed by atoms with Crippen molar-refractivity contribution in [3.05, 3.63) is 59.2 Å². The third-order valence-electron chi connectivity index (χ3n) is 5.08. The summed E-state index contributed by atoms with van der Waals surface area (Å²) in [6.07, 6.45) is -0.699. The molecule has 2 amide bonds. The maximum atomic E-state index is 13.2. The van der Waals surface area contributed by atoms with Crippen LogP contribution in [0.2, 0.25) is 0 Å². The van der Waals surface area contributed by atoms with Gasteiger partial charge in [-0.2, -0.15) is 0 Å². The molecule has 0 aliphatic heterocycles. The molecule has 0 unspecified atom stereocenters. The first kappa shape index (κ1) is 28.0. The molecule has 2 aromatic heterocycles. The number of carboxylic acids is 1. The van der Waals surface area contributed by atoms with Gasteiger partial charge in [0.05, 0.1) is 32.5 Å². The Bertz CT molecular complexity index is 1330. The lowest BCUT2D eigenvalue weighted by molar-refractivity contribution is 0.0500. The molecule has 0 spiro atoms. The zero-order valence-electron chi connectivity index (χ0n) is 21.9. The first-order valence-electron chi connectivity index (χ1n) is 11.6. The topological polar surface area (TPSA) is 162 Å². The number of nitrogens with zero attached hydrogens (tertiary/aromatic N) is 2. The van der Waals surface area contributed by atoms with Crippen LogP contribution >= 0.6 is 0 Å². The average Bonchev–Trinajstić information content (AvgIpc) is 3.31. The second kappa shape index (κ2) is 11.6. The summed E-state index contributed by atoms with van der Waals surface area (Å²) in [5.41, 5.74) is -0.114. The molecule has 0 bridgehead atoms. The van der Waals surface area contributed by atoms with Gasteiger partial charge in [-0.3, -0.25) is 4.79 Å². The van der Waals surface area contributed by atoms with Crippen LogP contribution in [0.4, 0.5) is 4.79 Å². The van der Waals surface area contributed by atoms with Gasteiger partial charge in [0.25, 0.3) is 5.91 Å². The molecule has 0 aliphatic carbocycles. The van der Waals surface area contributed by atoms with Gasteiger partial charge < -0.3 is 34.4 Å². The predicted octanol–water partition coefficient (Wildman–Crippen LogP) is 3.97. The largest absolute Gasteiger partial charge is 0.493 e. The summed E-state index contributed by atoms with van der Waals surface area (Å²) in [7, 11) is 3.00. The minimum Gasteiger partial charge on any atom is -0.493 e. The fourth-order valence-electron chi connectivity index (χ4n) is 3.38. The highest BCUT2D eigenvalue weighted by atomic mass is 16.6. The molecular weight excluding hydrogens is 496 g/mol. The third-order valence-corrected chi connectivity index (χ3v) is 5.08. The zero-order chi connectivity index (χ0) is 28.0. The molecule has 202 valence electrons. The Labute approximate surface area is 219 Å². The average molecular weight is 527 g/mol. The number of carbonyl (C=O) groups is 3. The first-order chi connectivity index (χ1) is 17.9. The van der Waals surface area contributed by atoms with Crippen LogP contribution in [0, 0.1) is 0 Å². The summed E-state index contributed by atoms with van der Waals surface area (Å²) < 4.78 is 21.9. The second-order valence-electron chi connectivity index (χ2n) is 9.17. The normalized spacial score (nSPS) is 11.8. The molecule has 0 radical (unpaired) electrons. The van der Waals surface area contributed by atoms with E-state index >= 15 is 0 Å². The summed E-state index contributed by atoms with van der Waals surface area (Å²) in [6, 6.07) is 8.67. The van der Waals surface area contributed by atoms with Crippen molar-refractivity contribution in [1.29, 1.82) is 0 Å². The van der Waals surface area contributed by atoms with E-state index in [0.29, 0.717) is 22.8 Å². The standard InChI is InChI=1S/C26H30N4O8/c1-14(28-25(34)38-26(2,3)4)21-20(22(31)27-13-16-8-7-9-17(29-16)24(32)33)30-23(37-21)15-10-11-18(35-5)19(12-15)36-6/h7-12,14H,13H2,1-6H3,(H,27,31)(H,28,34)(H,32,33)/t14-/m0/s1. The monoisotopic (exact) mass is 526 g/mol. The molecule has 0 aliphatic rings. The predicted molar refractivity (Wildman–Crippen MR) is 135 cm³/mol. The lowest BCUT2D eigenvalue weighted by atomic mass is 10.2. The highest BCUT2D eigenvalue weighted by molar-refractivity contribution is 5.94. The molecule has 12 nitrogen and oxygen atoms in total. The number of hydrogen-bond acceptors (Lipinski definition) is 9. The first-order valence-corrected chi connectivity index (χ1v) is 11.6. The Kier molecular flexibility index (Phi) is 8.56. The number of amides is 2. The fraction of sp³-hybridized carbons (Fsp3) is 0.346. The number of pyridine rings is 1. The minimum absolute atomic E-state index is 0.0637. The van der Waals surface area contributed by atoms with Crippen molar-refractivity contribution in [3.63, 3.8) is 0 Å². The van der Waals surface area contributed by atoms with E-state index in [-0.39, 0.29) is 29.6 Å². The second-order valence-corrected chi connectivity index (χ2v) is 9.17. The molecule has 0 saturated carbocycles. The number of rotatable bonds is 9. The van der Waals surface area contributed by atoms with Crippen molar-refractivity contribution in [1.82, 2.24) is 20.6 Å². The Morgan fingerprint density at radius 3 is 2.39 bits per heavy atom. The molecule has 0 fully saturated rings. The number of methoxy groups -OCH3 is 2. The van der Waals surface area contributed by atoms with Crippen LogP contribution in [0.1, 0.15) is 66.2 Å². The van der Waals surface area contributed by atoms with E-state index in [0.717, 1.165) is 0 Å². The van der Waals surface area contributed by atoms with E-state index in [1.165, 1.54) is 26.4 Å². The summed E-state index contributed by atoms with van der Waals surface area (Å²) in [4.78, 5) is 45.1. The van der Waals surface area contributed by atoms with Crippen molar-refractivity contribution < 1.29 is 38.1 Å². The summed E-state index contributed by atoms with van der Waals surface area (Å²) in [5.74, 6) is -0.674. The SMILES string of the molecule is COc1ccc(-c2nc(C(=O)NCc3cccc(C(=O)O)n3)c([C@H](C)NC(=O)OC(C)(C)C)o2)cc1OC. The van der Waals surface area contributed by atoms with Gasteiger partial charge in [0.1, 0.15) is 11.3 Å². The van der Waals surface area contributed by atoms with Gasteiger partial charge in [-0.15, -0.1) is 0 Å². The lowest BCUT2D eigenvalue weighted by Crippen LogP contribution is -2.34. The number of hydrogen-bond donors (Lipinski definition) is 3. The zero-order valence-corrected chi connectivity index (χ0v) is 21.9. The Balaban J connectivity index is 1.93. The van der Waals surface area contributed by atoms with Crippen LogP contribution in [-0.4, -0.2) is 52.9 Å². The number of ether oxygens (including phenoxy) is 3. The van der Waals surface area contributed by atoms with E-state index in [9.17, 15) is 14.4 Å². The number of oxazole rings is 1. The Morgan fingerprint density at radius 2 is 1.76 bits per heavy atom. The summed E-state index contributed by atoms with van der Waals surface area (Å²) >= 11 is 0. The number of aromatic carboxylic acids is 1. The molecule has 38 heavy (non-hydrogen) atoms. The van der Waals surface area contributed by atoms with Gasteiger partial charge in [-0.05, 0) is 58.0 Å². The van der Waals surface area contributed by atoms with Crippen molar-refractivity contribution in [2.75, 3.05) is 14.2 Å². The van der Waals surface area contributed by atoms with Crippen LogP contribution in [0.25, 0.3) is 11.5 Å². The molecule has 12 heteroatoms. The van der Waals surface area contributed by atoms with Crippen LogP contribution in [0.3, 0.4) is 0 Å². The van der Waals surface area contributed by atoms with E-state index in [1.54, 1.807) is 52.0 Å². The van der Waals surface area contributed by atoms with Crippen LogP contribution in [-0.2, 0) is 11.3 Å². The van der Waals surface area contributed by atoms with Gasteiger partial charge in [0, 0.05) is 5.56 Å².